The fourth-order valence-corrected chi connectivity index (χ4v) is 5.03. The van der Waals surface area contributed by atoms with Crippen LogP contribution in [0, 0.1) is 0 Å². The Bertz CT molecular complexity index is 947. The number of carboxylic acids is 1. The zero-order valence-electron chi connectivity index (χ0n) is 16.3. The van der Waals surface area contributed by atoms with Gasteiger partial charge in [0.25, 0.3) is 5.91 Å². The molecule has 2 N–H and O–H groups in total. The molecule has 0 saturated carbocycles. The number of nitrogens with one attached hydrogen (secondary N) is 1. The van der Waals surface area contributed by atoms with Gasteiger partial charge in [0.15, 0.2) is 5.54 Å². The van der Waals surface area contributed by atoms with Crippen LogP contribution in [0.4, 0.5) is 5.69 Å². The lowest BCUT2D eigenvalue weighted by molar-refractivity contribution is -0.143. The third-order valence-electron chi connectivity index (χ3n) is 5.91. The van der Waals surface area contributed by atoms with Gasteiger partial charge in [-0.1, -0.05) is 17.7 Å². The number of carbonyl (C=O) groups excluding carboxylic acids is 1. The van der Waals surface area contributed by atoms with Crippen LogP contribution in [0.5, 0.6) is 0 Å². The number of amides is 1. The molecule has 3 heterocycles. The van der Waals surface area contributed by atoms with Gasteiger partial charge in [0.2, 0.25) is 0 Å². The summed E-state index contributed by atoms with van der Waals surface area (Å²) in [4.78, 5) is 29.5. The Balaban J connectivity index is 1.53. The van der Waals surface area contributed by atoms with Gasteiger partial charge in [0, 0.05) is 31.7 Å². The Morgan fingerprint density at radius 3 is 2.59 bits per heavy atom. The molecule has 8 heteroatoms. The van der Waals surface area contributed by atoms with Crippen LogP contribution >= 0.6 is 22.9 Å². The molecule has 2 aromatic rings. The predicted molar refractivity (Wildman–Crippen MR) is 115 cm³/mol. The van der Waals surface area contributed by atoms with Crippen LogP contribution in [0.1, 0.15) is 27.2 Å². The summed E-state index contributed by atoms with van der Waals surface area (Å²) in [6, 6.07) is 9.68. The van der Waals surface area contributed by atoms with Gasteiger partial charge in [-0.25, -0.2) is 4.79 Å². The Morgan fingerprint density at radius 1 is 1.14 bits per heavy atom. The number of hydrogen-bond donors (Lipinski definition) is 2. The van der Waals surface area contributed by atoms with E-state index in [-0.39, 0.29) is 6.54 Å². The van der Waals surface area contributed by atoms with Gasteiger partial charge in [-0.05, 0) is 55.3 Å². The van der Waals surface area contributed by atoms with Crippen LogP contribution in [-0.2, 0) is 17.6 Å². The van der Waals surface area contributed by atoms with Crippen LogP contribution < -0.4 is 10.2 Å². The molecule has 29 heavy (non-hydrogen) atoms. The number of thiophene rings is 1. The molecule has 2 aliphatic heterocycles. The molecule has 2 aliphatic rings. The van der Waals surface area contributed by atoms with Crippen molar-refractivity contribution in [1.29, 1.82) is 0 Å². The number of fused-ring (bicyclic) bond motifs is 1. The maximum Gasteiger partial charge on any atom is 0.331 e. The fraction of sp³-hybridized carbons (Fsp3) is 0.429. The number of aliphatic carboxylic acids is 1. The van der Waals surface area contributed by atoms with Crippen molar-refractivity contribution in [3.8, 4) is 0 Å². The number of nitrogens with zero attached hydrogens (tertiary/aromatic N) is 2. The van der Waals surface area contributed by atoms with Gasteiger partial charge in [-0.2, -0.15) is 0 Å². The van der Waals surface area contributed by atoms with Gasteiger partial charge in [-0.3, -0.25) is 4.79 Å². The minimum atomic E-state index is -1.31. The van der Waals surface area contributed by atoms with Crippen LogP contribution in [0.15, 0.2) is 30.3 Å². The Morgan fingerprint density at radius 2 is 1.90 bits per heavy atom. The monoisotopic (exact) mass is 433 g/mol. The molecule has 1 fully saturated rings. The predicted octanol–water partition coefficient (Wildman–Crippen LogP) is 2.90. The van der Waals surface area contributed by atoms with Gasteiger partial charge in [0.1, 0.15) is 0 Å². The van der Waals surface area contributed by atoms with E-state index in [0.29, 0.717) is 22.2 Å². The van der Waals surface area contributed by atoms with Gasteiger partial charge < -0.3 is 20.2 Å². The molecule has 154 valence electrons. The van der Waals surface area contributed by atoms with Crippen molar-refractivity contribution < 1.29 is 14.7 Å². The Labute approximate surface area is 179 Å². The average molecular weight is 434 g/mol. The molecule has 1 amide bonds. The molecule has 4 rings (SSSR count). The van der Waals surface area contributed by atoms with Crippen LogP contribution in [-0.4, -0.2) is 60.6 Å². The first kappa shape index (κ1) is 20.2. The van der Waals surface area contributed by atoms with E-state index < -0.39 is 17.4 Å². The summed E-state index contributed by atoms with van der Waals surface area (Å²) in [5.41, 5.74) is 2.41. The van der Waals surface area contributed by atoms with Gasteiger partial charge in [0.05, 0.1) is 15.8 Å². The summed E-state index contributed by atoms with van der Waals surface area (Å²) >= 11 is 7.06. The number of rotatable bonds is 4. The van der Waals surface area contributed by atoms with Crippen molar-refractivity contribution in [2.75, 3.05) is 38.1 Å². The molecule has 0 radical (unpaired) electrons. The molecule has 6 nitrogen and oxygen atoms in total. The molecule has 0 spiro atoms. The summed E-state index contributed by atoms with van der Waals surface area (Å²) in [6.07, 6.45) is 2.38. The van der Waals surface area contributed by atoms with Crippen LogP contribution in [0.2, 0.25) is 4.34 Å². The topological polar surface area (TPSA) is 72.9 Å². The summed E-state index contributed by atoms with van der Waals surface area (Å²) in [6.45, 7) is 2.90. The summed E-state index contributed by atoms with van der Waals surface area (Å²) in [7, 11) is 2.14. The van der Waals surface area contributed by atoms with Gasteiger partial charge >= 0.3 is 5.97 Å². The number of benzene rings is 1. The average Bonchev–Trinajstić information content (AvgIpc) is 3.27. The number of likely N-dealkylation sites (N-methyl/N-ethyl adjacent to an activating group) is 1. The zero-order chi connectivity index (χ0) is 20.6. The highest BCUT2D eigenvalue weighted by Crippen LogP contribution is 2.31. The van der Waals surface area contributed by atoms with E-state index in [1.807, 2.05) is 0 Å². The first-order valence-corrected chi connectivity index (χ1v) is 10.9. The number of halogens is 1. The lowest BCUT2D eigenvalue weighted by atomic mass is 9.98. The van der Waals surface area contributed by atoms with Gasteiger partial charge in [-0.15, -0.1) is 11.3 Å². The minimum absolute atomic E-state index is 0.242. The number of carboxylic acid groups (broad SMARTS) is 1. The molecule has 0 bridgehead atoms. The summed E-state index contributed by atoms with van der Waals surface area (Å²) < 4.78 is 0.503. The summed E-state index contributed by atoms with van der Waals surface area (Å²) in [5.74, 6) is -1.40. The van der Waals surface area contributed by atoms with E-state index in [2.05, 4.69) is 40.4 Å². The van der Waals surface area contributed by atoms with E-state index >= 15 is 0 Å². The number of hydrogen-bond acceptors (Lipinski definition) is 5. The molecule has 1 saturated heterocycles. The molecule has 1 aromatic carbocycles. The van der Waals surface area contributed by atoms with Crippen molar-refractivity contribution >= 4 is 40.5 Å². The molecular formula is C21H24ClN3O3S. The molecule has 0 aliphatic carbocycles. The zero-order valence-corrected chi connectivity index (χ0v) is 17.9. The highest BCUT2D eigenvalue weighted by molar-refractivity contribution is 7.18. The third kappa shape index (κ3) is 4.13. The number of anilines is 1. The lowest BCUT2D eigenvalue weighted by Crippen LogP contribution is -2.56. The van der Waals surface area contributed by atoms with Crippen LogP contribution in [0.3, 0.4) is 0 Å². The Hall–Kier alpha value is -2.09. The van der Waals surface area contributed by atoms with E-state index in [9.17, 15) is 14.7 Å². The van der Waals surface area contributed by atoms with Crippen LogP contribution in [0.25, 0.3) is 0 Å². The number of carbonyl (C=O) groups is 2. The lowest BCUT2D eigenvalue weighted by Gasteiger charge is -2.27. The highest BCUT2D eigenvalue weighted by atomic mass is 35.5. The Kier molecular flexibility index (Phi) is 5.55. The van der Waals surface area contributed by atoms with Crippen molar-refractivity contribution in [2.45, 2.75) is 24.8 Å². The fourth-order valence-electron chi connectivity index (χ4n) is 4.10. The second kappa shape index (κ2) is 7.97. The van der Waals surface area contributed by atoms with E-state index in [4.69, 9.17) is 11.6 Å². The smallest absolute Gasteiger partial charge is 0.331 e. The summed E-state index contributed by atoms with van der Waals surface area (Å²) in [5, 5.41) is 12.7. The largest absolute Gasteiger partial charge is 0.479 e. The molecule has 1 atom stereocenters. The second-order valence-electron chi connectivity index (χ2n) is 7.87. The van der Waals surface area contributed by atoms with E-state index in [1.165, 1.54) is 11.1 Å². The van der Waals surface area contributed by atoms with Crippen molar-refractivity contribution in [3.05, 3.63) is 50.7 Å². The van der Waals surface area contributed by atoms with E-state index in [1.54, 1.807) is 12.1 Å². The normalized spacial score (nSPS) is 22.2. The first-order valence-electron chi connectivity index (χ1n) is 9.73. The van der Waals surface area contributed by atoms with Crippen molar-refractivity contribution in [2.24, 2.45) is 0 Å². The SMILES string of the molecule is CN1CCc2ccc(N3CCC(NC(=O)c4ccc(Cl)s4)(C(=O)O)C3)cc2CC1. The maximum absolute atomic E-state index is 12.6. The third-order valence-corrected chi connectivity index (χ3v) is 7.14. The quantitative estimate of drug-likeness (QED) is 0.775. The molecule has 1 aromatic heterocycles. The highest BCUT2D eigenvalue weighted by Gasteiger charge is 2.46. The molecular weight excluding hydrogens is 410 g/mol. The second-order valence-corrected chi connectivity index (χ2v) is 9.59. The maximum atomic E-state index is 12.6. The van der Waals surface area contributed by atoms with E-state index in [0.717, 1.165) is 43.0 Å². The molecule has 1 unspecified atom stereocenters. The first-order chi connectivity index (χ1) is 13.9. The van der Waals surface area contributed by atoms with Crippen molar-refractivity contribution in [3.63, 3.8) is 0 Å². The standard InChI is InChI=1S/C21H24ClN3O3S/c1-24-9-6-14-2-3-16(12-15(14)7-10-24)25-11-8-21(13-25,20(27)28)23-19(26)17-4-5-18(22)29-17/h2-5,12H,6-11,13H2,1H3,(H,23,26)(H,27,28). The minimum Gasteiger partial charge on any atom is -0.479 e. The van der Waals surface area contributed by atoms with Crippen molar-refractivity contribution in [1.82, 2.24) is 10.2 Å².